The van der Waals surface area contributed by atoms with Crippen LogP contribution >= 0.6 is 0 Å². The number of anilines is 2. The predicted octanol–water partition coefficient (Wildman–Crippen LogP) is 2.93. The van der Waals surface area contributed by atoms with Crippen molar-refractivity contribution in [3.05, 3.63) is 66.4 Å². The minimum Gasteiger partial charge on any atom is -0.497 e. The number of hydrogen-bond acceptors (Lipinski definition) is 7. The van der Waals surface area contributed by atoms with Gasteiger partial charge in [0.1, 0.15) is 5.75 Å². The van der Waals surface area contributed by atoms with Gasteiger partial charge in [-0.15, -0.1) is 0 Å². The van der Waals surface area contributed by atoms with E-state index in [1.54, 1.807) is 38.0 Å². The molecule has 3 heterocycles. The summed E-state index contributed by atoms with van der Waals surface area (Å²) in [6.07, 6.45) is 8.79. The molecule has 0 bridgehead atoms. The highest BCUT2D eigenvalue weighted by Crippen LogP contribution is 2.31. The smallest absolute Gasteiger partial charge is 0.228 e. The quantitative estimate of drug-likeness (QED) is 0.692. The Morgan fingerprint density at radius 2 is 2.10 bits per heavy atom. The van der Waals surface area contributed by atoms with Gasteiger partial charge < -0.3 is 15.0 Å². The van der Waals surface area contributed by atoms with Gasteiger partial charge in [-0.25, -0.2) is 15.0 Å². The van der Waals surface area contributed by atoms with Crippen molar-refractivity contribution in [1.29, 1.82) is 0 Å². The van der Waals surface area contributed by atoms with Crippen LogP contribution in [0.5, 0.6) is 5.75 Å². The molecule has 8 nitrogen and oxygen atoms in total. The second-order valence-corrected chi connectivity index (χ2v) is 6.80. The van der Waals surface area contributed by atoms with Crippen molar-refractivity contribution < 1.29 is 9.53 Å². The van der Waals surface area contributed by atoms with E-state index in [-0.39, 0.29) is 11.9 Å². The maximum Gasteiger partial charge on any atom is 0.228 e. The lowest BCUT2D eigenvalue weighted by Gasteiger charge is -2.24. The Morgan fingerprint density at radius 1 is 1.24 bits per heavy atom. The van der Waals surface area contributed by atoms with Crippen LogP contribution in [0.2, 0.25) is 0 Å². The molecule has 2 aromatic heterocycles. The molecule has 0 spiro atoms. The lowest BCUT2D eigenvalue weighted by Crippen LogP contribution is -2.32. The zero-order chi connectivity index (χ0) is 20.1. The molecule has 1 saturated heterocycles. The number of nitrogens with one attached hydrogen (secondary N) is 1. The first-order chi connectivity index (χ1) is 14.2. The van der Waals surface area contributed by atoms with E-state index in [1.807, 2.05) is 29.2 Å². The summed E-state index contributed by atoms with van der Waals surface area (Å²) in [5, 5.41) is 3.05. The van der Waals surface area contributed by atoms with E-state index in [9.17, 15) is 4.79 Å². The Hall–Kier alpha value is -3.55. The van der Waals surface area contributed by atoms with Crippen LogP contribution in [0.4, 0.5) is 11.8 Å². The molecule has 0 aliphatic carbocycles. The number of rotatable bonds is 6. The van der Waals surface area contributed by atoms with E-state index in [4.69, 9.17) is 4.74 Å². The molecular weight excluding hydrogens is 368 g/mol. The maximum absolute atomic E-state index is 13.0. The zero-order valence-electron chi connectivity index (χ0n) is 16.2. The summed E-state index contributed by atoms with van der Waals surface area (Å²) in [7, 11) is 1.62. The maximum atomic E-state index is 13.0. The van der Waals surface area contributed by atoms with Gasteiger partial charge in [0.2, 0.25) is 11.9 Å². The Kier molecular flexibility index (Phi) is 5.60. The van der Waals surface area contributed by atoms with Crippen molar-refractivity contribution in [2.45, 2.75) is 25.3 Å². The highest BCUT2D eigenvalue weighted by molar-refractivity contribution is 5.79. The van der Waals surface area contributed by atoms with Gasteiger partial charge in [0.05, 0.1) is 37.7 Å². The SMILES string of the molecule is COc1cccc(CC(=O)N2CCC[C@H]2c2cncc(Nc3ncccn3)n2)c1. The average molecular weight is 390 g/mol. The molecule has 1 aromatic carbocycles. The fourth-order valence-corrected chi connectivity index (χ4v) is 3.51. The fourth-order valence-electron chi connectivity index (χ4n) is 3.51. The summed E-state index contributed by atoms with van der Waals surface area (Å²) in [4.78, 5) is 32.1. The third kappa shape index (κ3) is 4.48. The molecule has 0 radical (unpaired) electrons. The molecule has 4 rings (SSSR count). The van der Waals surface area contributed by atoms with Crippen LogP contribution in [-0.2, 0) is 11.2 Å². The number of amides is 1. The highest BCUT2D eigenvalue weighted by atomic mass is 16.5. The predicted molar refractivity (Wildman–Crippen MR) is 108 cm³/mol. The standard InChI is InChI=1S/C21H22N6O2/c1-29-16-6-2-5-15(11-16)12-20(28)27-10-3-7-18(27)17-13-22-14-19(25-17)26-21-23-8-4-9-24-21/h2,4-6,8-9,11,13-14,18H,3,7,10,12H2,1H3,(H,23,24,25,26)/t18-/m0/s1. The van der Waals surface area contributed by atoms with Gasteiger partial charge in [0, 0.05) is 18.9 Å². The van der Waals surface area contributed by atoms with E-state index in [0.717, 1.165) is 29.8 Å². The number of carbonyl (C=O) groups excluding carboxylic acids is 1. The van der Waals surface area contributed by atoms with Gasteiger partial charge in [-0.1, -0.05) is 12.1 Å². The third-order valence-corrected chi connectivity index (χ3v) is 4.86. The minimum atomic E-state index is -0.0842. The Labute approximate surface area is 169 Å². The molecule has 1 aliphatic heterocycles. The summed E-state index contributed by atoms with van der Waals surface area (Å²) in [6, 6.07) is 9.27. The van der Waals surface area contributed by atoms with Crippen LogP contribution in [0, 0.1) is 0 Å². The van der Waals surface area contributed by atoms with Gasteiger partial charge in [0.15, 0.2) is 5.82 Å². The molecule has 29 heavy (non-hydrogen) atoms. The fraction of sp³-hybridized carbons (Fsp3) is 0.286. The minimum absolute atomic E-state index is 0.0762. The van der Waals surface area contributed by atoms with Crippen molar-refractivity contribution in [2.24, 2.45) is 0 Å². The van der Waals surface area contributed by atoms with Crippen LogP contribution in [0.1, 0.15) is 30.1 Å². The van der Waals surface area contributed by atoms with Gasteiger partial charge in [-0.05, 0) is 36.6 Å². The van der Waals surface area contributed by atoms with E-state index < -0.39 is 0 Å². The lowest BCUT2D eigenvalue weighted by molar-refractivity contribution is -0.131. The zero-order valence-corrected chi connectivity index (χ0v) is 16.2. The molecule has 1 fully saturated rings. The van der Waals surface area contributed by atoms with E-state index in [0.29, 0.717) is 24.7 Å². The highest BCUT2D eigenvalue weighted by Gasteiger charge is 2.31. The average Bonchev–Trinajstić information content (AvgIpc) is 3.25. The van der Waals surface area contributed by atoms with Crippen molar-refractivity contribution in [3.8, 4) is 5.75 Å². The lowest BCUT2D eigenvalue weighted by atomic mass is 10.1. The number of hydrogen-bond donors (Lipinski definition) is 1. The van der Waals surface area contributed by atoms with Crippen molar-refractivity contribution in [1.82, 2.24) is 24.8 Å². The van der Waals surface area contributed by atoms with Crippen LogP contribution < -0.4 is 10.1 Å². The number of carbonyl (C=O) groups is 1. The first kappa shape index (κ1) is 18.8. The topological polar surface area (TPSA) is 93.1 Å². The van der Waals surface area contributed by atoms with Gasteiger partial charge in [0.25, 0.3) is 0 Å². The number of likely N-dealkylation sites (tertiary alicyclic amines) is 1. The largest absolute Gasteiger partial charge is 0.497 e. The van der Waals surface area contributed by atoms with Crippen molar-refractivity contribution >= 4 is 17.7 Å². The molecular formula is C21H22N6O2. The molecule has 3 aromatic rings. The Balaban J connectivity index is 1.49. The van der Waals surface area contributed by atoms with Gasteiger partial charge in [-0.3, -0.25) is 9.78 Å². The second kappa shape index (κ2) is 8.64. The Bertz CT molecular complexity index is 982. The Morgan fingerprint density at radius 3 is 2.93 bits per heavy atom. The van der Waals surface area contributed by atoms with E-state index >= 15 is 0 Å². The molecule has 148 valence electrons. The summed E-state index contributed by atoms with van der Waals surface area (Å²) in [5.41, 5.74) is 1.70. The first-order valence-corrected chi connectivity index (χ1v) is 9.51. The first-order valence-electron chi connectivity index (χ1n) is 9.51. The summed E-state index contributed by atoms with van der Waals surface area (Å²) in [6.45, 7) is 0.717. The number of aromatic nitrogens is 4. The molecule has 0 saturated carbocycles. The molecule has 1 N–H and O–H groups in total. The van der Waals surface area contributed by atoms with Crippen molar-refractivity contribution in [2.75, 3.05) is 19.0 Å². The van der Waals surface area contributed by atoms with E-state index in [1.165, 1.54) is 0 Å². The monoisotopic (exact) mass is 390 g/mol. The summed E-state index contributed by atoms with van der Waals surface area (Å²) >= 11 is 0. The third-order valence-electron chi connectivity index (χ3n) is 4.86. The summed E-state index contributed by atoms with van der Waals surface area (Å²) in [5.74, 6) is 1.84. The molecule has 1 aliphatic rings. The molecule has 1 amide bonds. The van der Waals surface area contributed by atoms with Gasteiger partial charge in [-0.2, -0.15) is 0 Å². The number of benzene rings is 1. The summed E-state index contributed by atoms with van der Waals surface area (Å²) < 4.78 is 5.25. The number of nitrogens with zero attached hydrogens (tertiary/aromatic N) is 5. The molecule has 8 heteroatoms. The van der Waals surface area contributed by atoms with Crippen LogP contribution in [-0.4, -0.2) is 44.4 Å². The van der Waals surface area contributed by atoms with E-state index in [2.05, 4.69) is 25.3 Å². The molecule has 0 unspecified atom stereocenters. The van der Waals surface area contributed by atoms with Crippen LogP contribution in [0.3, 0.4) is 0 Å². The van der Waals surface area contributed by atoms with Crippen molar-refractivity contribution in [3.63, 3.8) is 0 Å². The number of ether oxygens (including phenoxy) is 1. The van der Waals surface area contributed by atoms with Crippen LogP contribution in [0.25, 0.3) is 0 Å². The normalized spacial score (nSPS) is 15.9. The second-order valence-electron chi connectivity index (χ2n) is 6.80. The molecule has 1 atom stereocenters. The number of methoxy groups -OCH3 is 1. The van der Waals surface area contributed by atoms with Crippen LogP contribution in [0.15, 0.2) is 55.1 Å². The van der Waals surface area contributed by atoms with Gasteiger partial charge >= 0.3 is 0 Å².